The SMILES string of the molecule is CC1(CN)CCN(S(=O)(=O)C2CCCOC2)C1.Cl. The molecule has 0 aromatic carbocycles. The highest BCUT2D eigenvalue weighted by molar-refractivity contribution is 7.89. The average Bonchev–Trinajstić information content (AvgIpc) is 2.75. The first-order valence-electron chi connectivity index (χ1n) is 6.25. The Morgan fingerprint density at radius 3 is 2.72 bits per heavy atom. The van der Waals surface area contributed by atoms with Crippen molar-refractivity contribution >= 4 is 22.4 Å². The fourth-order valence-electron chi connectivity index (χ4n) is 2.52. The van der Waals surface area contributed by atoms with E-state index in [0.29, 0.717) is 32.8 Å². The van der Waals surface area contributed by atoms with Crippen LogP contribution in [0.15, 0.2) is 0 Å². The molecule has 108 valence electrons. The van der Waals surface area contributed by atoms with Crippen molar-refractivity contribution in [2.24, 2.45) is 11.1 Å². The summed E-state index contributed by atoms with van der Waals surface area (Å²) in [6.07, 6.45) is 2.42. The van der Waals surface area contributed by atoms with Crippen molar-refractivity contribution in [2.45, 2.75) is 31.4 Å². The summed E-state index contributed by atoms with van der Waals surface area (Å²) in [6.45, 7) is 4.79. The molecule has 2 aliphatic rings. The Labute approximate surface area is 116 Å². The first-order chi connectivity index (χ1) is 7.98. The van der Waals surface area contributed by atoms with E-state index in [4.69, 9.17) is 10.5 Å². The van der Waals surface area contributed by atoms with E-state index in [1.54, 1.807) is 4.31 Å². The smallest absolute Gasteiger partial charge is 0.219 e. The average molecular weight is 299 g/mol. The highest BCUT2D eigenvalue weighted by Gasteiger charge is 2.41. The van der Waals surface area contributed by atoms with Gasteiger partial charge in [-0.2, -0.15) is 0 Å². The summed E-state index contributed by atoms with van der Waals surface area (Å²) < 4.78 is 31.7. The Balaban J connectivity index is 0.00000162. The zero-order valence-corrected chi connectivity index (χ0v) is 12.4. The third-order valence-corrected chi connectivity index (χ3v) is 6.16. The quantitative estimate of drug-likeness (QED) is 0.827. The van der Waals surface area contributed by atoms with Gasteiger partial charge in [0, 0.05) is 19.7 Å². The number of rotatable bonds is 3. The summed E-state index contributed by atoms with van der Waals surface area (Å²) >= 11 is 0. The lowest BCUT2D eigenvalue weighted by Crippen LogP contribution is -2.43. The van der Waals surface area contributed by atoms with Gasteiger partial charge in [0.05, 0.1) is 11.9 Å². The number of nitrogens with two attached hydrogens (primary N) is 1. The lowest BCUT2D eigenvalue weighted by molar-refractivity contribution is 0.0976. The second-order valence-electron chi connectivity index (χ2n) is 5.48. The molecule has 18 heavy (non-hydrogen) atoms. The van der Waals surface area contributed by atoms with Crippen LogP contribution in [0.25, 0.3) is 0 Å². The zero-order chi connectivity index (χ0) is 12.5. The van der Waals surface area contributed by atoms with Gasteiger partial charge in [-0.25, -0.2) is 12.7 Å². The molecule has 0 radical (unpaired) electrons. The van der Waals surface area contributed by atoms with Crippen LogP contribution in [-0.4, -0.2) is 50.8 Å². The van der Waals surface area contributed by atoms with Gasteiger partial charge in [0.2, 0.25) is 10.0 Å². The van der Waals surface area contributed by atoms with Crippen molar-refractivity contribution in [2.75, 3.05) is 32.8 Å². The Hall–Kier alpha value is 0.120. The molecule has 2 N–H and O–H groups in total. The zero-order valence-electron chi connectivity index (χ0n) is 10.8. The lowest BCUT2D eigenvalue weighted by atomic mass is 9.90. The van der Waals surface area contributed by atoms with Gasteiger partial charge >= 0.3 is 0 Å². The summed E-state index contributed by atoms with van der Waals surface area (Å²) in [7, 11) is -3.19. The number of nitrogens with zero attached hydrogens (tertiary/aromatic N) is 1. The molecule has 0 amide bonds. The van der Waals surface area contributed by atoms with Gasteiger partial charge in [0.25, 0.3) is 0 Å². The van der Waals surface area contributed by atoms with Crippen LogP contribution in [0.1, 0.15) is 26.2 Å². The molecule has 0 aromatic heterocycles. The van der Waals surface area contributed by atoms with Crippen LogP contribution in [0.5, 0.6) is 0 Å². The van der Waals surface area contributed by atoms with Crippen LogP contribution in [0.2, 0.25) is 0 Å². The fourth-order valence-corrected chi connectivity index (χ4v) is 4.51. The van der Waals surface area contributed by atoms with Gasteiger partial charge < -0.3 is 10.5 Å². The van der Waals surface area contributed by atoms with Gasteiger partial charge in [0.1, 0.15) is 0 Å². The Morgan fingerprint density at radius 2 is 2.22 bits per heavy atom. The third kappa shape index (κ3) is 3.17. The third-order valence-electron chi connectivity index (χ3n) is 3.92. The molecule has 2 unspecified atom stereocenters. The number of hydrogen-bond acceptors (Lipinski definition) is 4. The minimum atomic E-state index is -3.19. The van der Waals surface area contributed by atoms with E-state index in [2.05, 4.69) is 6.92 Å². The molecule has 7 heteroatoms. The Bertz CT molecular complexity index is 370. The predicted octanol–water partition coefficient (Wildman–Crippen LogP) is 0.588. The fraction of sp³-hybridized carbons (Fsp3) is 1.00. The molecule has 2 saturated heterocycles. The van der Waals surface area contributed by atoms with E-state index < -0.39 is 10.0 Å². The number of halogens is 1. The molecule has 0 aromatic rings. The van der Waals surface area contributed by atoms with Crippen molar-refractivity contribution < 1.29 is 13.2 Å². The van der Waals surface area contributed by atoms with Crippen LogP contribution < -0.4 is 5.73 Å². The highest BCUT2D eigenvalue weighted by Crippen LogP contribution is 2.32. The second kappa shape index (κ2) is 6.05. The summed E-state index contributed by atoms with van der Waals surface area (Å²) in [5.74, 6) is 0. The van der Waals surface area contributed by atoms with Crippen LogP contribution in [-0.2, 0) is 14.8 Å². The van der Waals surface area contributed by atoms with Gasteiger partial charge in [-0.15, -0.1) is 12.4 Å². The molecule has 2 atom stereocenters. The van der Waals surface area contributed by atoms with Crippen LogP contribution in [0.4, 0.5) is 0 Å². The molecule has 0 bridgehead atoms. The van der Waals surface area contributed by atoms with Crippen LogP contribution in [0, 0.1) is 5.41 Å². The Morgan fingerprint density at radius 1 is 1.50 bits per heavy atom. The van der Waals surface area contributed by atoms with Gasteiger partial charge in [-0.05, 0) is 31.2 Å². The summed E-state index contributed by atoms with van der Waals surface area (Å²) in [6, 6.07) is 0. The maximum atomic E-state index is 12.4. The second-order valence-corrected chi connectivity index (χ2v) is 7.70. The molecule has 2 rings (SSSR count). The van der Waals surface area contributed by atoms with Crippen molar-refractivity contribution in [1.82, 2.24) is 4.31 Å². The molecule has 2 aliphatic heterocycles. The monoisotopic (exact) mass is 298 g/mol. The molecule has 0 aliphatic carbocycles. The van der Waals surface area contributed by atoms with E-state index in [1.165, 1.54) is 0 Å². The van der Waals surface area contributed by atoms with E-state index in [1.807, 2.05) is 0 Å². The van der Waals surface area contributed by atoms with Crippen molar-refractivity contribution in [1.29, 1.82) is 0 Å². The summed E-state index contributed by atoms with van der Waals surface area (Å²) in [4.78, 5) is 0. The van der Waals surface area contributed by atoms with E-state index in [0.717, 1.165) is 19.3 Å². The first-order valence-corrected chi connectivity index (χ1v) is 7.75. The summed E-state index contributed by atoms with van der Waals surface area (Å²) in [5.41, 5.74) is 5.65. The minimum absolute atomic E-state index is 0. The number of ether oxygens (including phenoxy) is 1. The molecule has 5 nitrogen and oxygen atoms in total. The molecule has 2 fully saturated rings. The maximum Gasteiger partial charge on any atom is 0.219 e. The molecule has 2 heterocycles. The van der Waals surface area contributed by atoms with Gasteiger partial charge in [-0.3, -0.25) is 0 Å². The van der Waals surface area contributed by atoms with Crippen molar-refractivity contribution in [3.8, 4) is 0 Å². The Kier molecular flexibility index (Phi) is 5.44. The normalized spacial score (nSPS) is 34.2. The van der Waals surface area contributed by atoms with Crippen LogP contribution in [0.3, 0.4) is 0 Å². The van der Waals surface area contributed by atoms with E-state index in [9.17, 15) is 8.42 Å². The van der Waals surface area contributed by atoms with Crippen molar-refractivity contribution in [3.63, 3.8) is 0 Å². The minimum Gasteiger partial charge on any atom is -0.380 e. The number of hydrogen-bond donors (Lipinski definition) is 1. The molecular formula is C11H23ClN2O3S. The van der Waals surface area contributed by atoms with E-state index >= 15 is 0 Å². The molecule has 0 spiro atoms. The maximum absolute atomic E-state index is 12.4. The lowest BCUT2D eigenvalue weighted by Gasteiger charge is -2.28. The number of sulfonamides is 1. The first kappa shape index (κ1) is 16.2. The van der Waals surface area contributed by atoms with Crippen LogP contribution >= 0.6 is 12.4 Å². The predicted molar refractivity (Wildman–Crippen MR) is 73.4 cm³/mol. The van der Waals surface area contributed by atoms with Crippen molar-refractivity contribution in [3.05, 3.63) is 0 Å². The molecular weight excluding hydrogens is 276 g/mol. The standard InChI is InChI=1S/C11H22N2O3S.ClH/c1-11(8-12)4-5-13(9-11)17(14,15)10-3-2-6-16-7-10;/h10H,2-9,12H2,1H3;1H. The largest absolute Gasteiger partial charge is 0.380 e. The summed E-state index contributed by atoms with van der Waals surface area (Å²) in [5, 5.41) is -0.351. The van der Waals surface area contributed by atoms with Gasteiger partial charge in [0.15, 0.2) is 0 Å². The van der Waals surface area contributed by atoms with Gasteiger partial charge in [-0.1, -0.05) is 6.92 Å². The topological polar surface area (TPSA) is 72.6 Å². The molecule has 0 saturated carbocycles. The van der Waals surface area contributed by atoms with E-state index in [-0.39, 0.29) is 23.1 Å². The highest BCUT2D eigenvalue weighted by atomic mass is 35.5.